The van der Waals surface area contributed by atoms with Crippen LogP contribution in [0.4, 0.5) is 0 Å². The van der Waals surface area contributed by atoms with E-state index in [-0.39, 0.29) is 11.7 Å². The van der Waals surface area contributed by atoms with Crippen LogP contribution in [0.2, 0.25) is 0 Å². The number of nitrogens with one attached hydrogen (secondary N) is 1. The Morgan fingerprint density at radius 2 is 2.19 bits per heavy atom. The minimum Gasteiger partial charge on any atom is -0.497 e. The maximum absolute atomic E-state index is 12.1. The lowest BCUT2D eigenvalue weighted by Crippen LogP contribution is -2.24. The number of pyridine rings is 1. The summed E-state index contributed by atoms with van der Waals surface area (Å²) in [5, 5.41) is 13.1. The first kappa shape index (κ1) is 17.4. The lowest BCUT2D eigenvalue weighted by Gasteiger charge is -2.09. The van der Waals surface area contributed by atoms with E-state index in [1.54, 1.807) is 19.4 Å². The maximum Gasteiger partial charge on any atom is 0.230 e. The number of methoxy groups -OCH3 is 1. The molecule has 0 unspecified atom stereocenters. The third-order valence-electron chi connectivity index (χ3n) is 4.21. The van der Waals surface area contributed by atoms with E-state index in [4.69, 9.17) is 9.15 Å². The van der Waals surface area contributed by atoms with Gasteiger partial charge >= 0.3 is 0 Å². The van der Waals surface area contributed by atoms with Crippen molar-refractivity contribution in [1.82, 2.24) is 19.9 Å². The van der Waals surface area contributed by atoms with Crippen molar-refractivity contribution in [1.29, 1.82) is 0 Å². The Kier molecular flexibility index (Phi) is 4.72. The van der Waals surface area contributed by atoms with Gasteiger partial charge in [-0.1, -0.05) is 11.8 Å². The van der Waals surface area contributed by atoms with Crippen LogP contribution in [0, 0.1) is 6.92 Å². The summed E-state index contributed by atoms with van der Waals surface area (Å²) in [7, 11) is 1.64. The summed E-state index contributed by atoms with van der Waals surface area (Å²) in [4.78, 5) is 12.1. The molecule has 138 valence electrons. The lowest BCUT2D eigenvalue weighted by atomic mass is 10.1. The van der Waals surface area contributed by atoms with Crippen LogP contribution in [0.3, 0.4) is 0 Å². The number of carbonyl (C=O) groups excluding carboxylic acids is 1. The van der Waals surface area contributed by atoms with Crippen molar-refractivity contribution in [3.63, 3.8) is 0 Å². The predicted octanol–water partition coefficient (Wildman–Crippen LogP) is 3.20. The normalized spacial score (nSPS) is 11.2. The van der Waals surface area contributed by atoms with Crippen LogP contribution in [-0.2, 0) is 11.3 Å². The van der Waals surface area contributed by atoms with Crippen molar-refractivity contribution in [2.24, 2.45) is 0 Å². The number of carbonyl (C=O) groups is 1. The fourth-order valence-electron chi connectivity index (χ4n) is 2.88. The Morgan fingerprint density at radius 3 is 2.96 bits per heavy atom. The van der Waals surface area contributed by atoms with E-state index in [0.29, 0.717) is 11.7 Å². The predicted molar refractivity (Wildman–Crippen MR) is 103 cm³/mol. The van der Waals surface area contributed by atoms with Crippen LogP contribution in [0.5, 0.6) is 5.75 Å². The minimum atomic E-state index is -0.0947. The van der Waals surface area contributed by atoms with Crippen molar-refractivity contribution >= 4 is 34.2 Å². The van der Waals surface area contributed by atoms with Gasteiger partial charge in [-0.3, -0.25) is 9.20 Å². The van der Waals surface area contributed by atoms with Gasteiger partial charge in [-0.25, -0.2) is 0 Å². The van der Waals surface area contributed by atoms with Gasteiger partial charge in [0.15, 0.2) is 10.8 Å². The molecule has 1 aromatic carbocycles. The molecule has 8 heteroatoms. The second-order valence-corrected chi connectivity index (χ2v) is 6.98. The van der Waals surface area contributed by atoms with Crippen molar-refractivity contribution < 1.29 is 13.9 Å². The fourth-order valence-corrected chi connectivity index (χ4v) is 3.65. The van der Waals surface area contributed by atoms with Crippen molar-refractivity contribution in [2.75, 3.05) is 12.9 Å². The number of aromatic nitrogens is 3. The van der Waals surface area contributed by atoms with E-state index in [0.717, 1.165) is 33.6 Å². The first-order chi connectivity index (χ1) is 13.2. The van der Waals surface area contributed by atoms with Crippen molar-refractivity contribution in [2.45, 2.75) is 18.6 Å². The molecule has 3 heterocycles. The molecular formula is C19H18N4O3S. The molecule has 1 amide bonds. The zero-order valence-corrected chi connectivity index (χ0v) is 15.7. The number of hydrogen-bond donors (Lipinski definition) is 1. The van der Waals surface area contributed by atoms with Gasteiger partial charge in [0.1, 0.15) is 11.5 Å². The highest BCUT2D eigenvalue weighted by Crippen LogP contribution is 2.28. The summed E-state index contributed by atoms with van der Waals surface area (Å²) in [5.41, 5.74) is 2.74. The molecule has 0 aliphatic rings. The van der Waals surface area contributed by atoms with Crippen LogP contribution in [-0.4, -0.2) is 33.4 Å². The lowest BCUT2D eigenvalue weighted by molar-refractivity contribution is -0.118. The molecule has 0 fully saturated rings. The van der Waals surface area contributed by atoms with Crippen molar-refractivity contribution in [3.05, 3.63) is 54.0 Å². The van der Waals surface area contributed by atoms with Gasteiger partial charge in [-0.05, 0) is 48.2 Å². The fraction of sp³-hybridized carbons (Fsp3) is 0.211. The highest BCUT2D eigenvalue weighted by molar-refractivity contribution is 7.99. The number of fused-ring (bicyclic) bond motifs is 3. The molecule has 0 bridgehead atoms. The third kappa shape index (κ3) is 3.48. The van der Waals surface area contributed by atoms with Gasteiger partial charge in [0.05, 0.1) is 31.2 Å². The highest BCUT2D eigenvalue weighted by Gasteiger charge is 2.14. The van der Waals surface area contributed by atoms with Gasteiger partial charge in [0.2, 0.25) is 5.91 Å². The molecular weight excluding hydrogens is 364 g/mol. The Hall–Kier alpha value is -3.00. The van der Waals surface area contributed by atoms with E-state index < -0.39 is 0 Å². The molecule has 4 aromatic rings. The number of nitrogens with zero attached hydrogens (tertiary/aromatic N) is 3. The minimum absolute atomic E-state index is 0.0947. The van der Waals surface area contributed by atoms with Crippen molar-refractivity contribution in [3.8, 4) is 5.75 Å². The third-order valence-corrected chi connectivity index (χ3v) is 5.14. The van der Waals surface area contributed by atoms with Gasteiger partial charge in [-0.15, -0.1) is 10.2 Å². The summed E-state index contributed by atoms with van der Waals surface area (Å²) in [6, 6.07) is 11.6. The van der Waals surface area contributed by atoms with Crippen LogP contribution in [0.25, 0.3) is 16.6 Å². The standard InChI is InChI=1S/C19H18N4O3S/c1-12-8-13-5-6-14(25-2)9-16(13)23-18(12)21-22-19(23)27-11-17(24)20-10-15-4-3-7-26-15/h3-9H,10-11H2,1-2H3,(H,20,24). The van der Waals surface area contributed by atoms with E-state index in [1.165, 1.54) is 11.8 Å². The molecule has 4 rings (SSSR count). The molecule has 0 radical (unpaired) electrons. The SMILES string of the molecule is COc1ccc2cc(C)c3nnc(SCC(=O)NCc4ccco4)n3c2c1. The molecule has 0 aliphatic carbocycles. The Balaban J connectivity index is 1.59. The molecule has 7 nitrogen and oxygen atoms in total. The van der Waals surface area contributed by atoms with Crippen LogP contribution >= 0.6 is 11.8 Å². The van der Waals surface area contributed by atoms with Gasteiger partial charge in [0, 0.05) is 6.07 Å². The molecule has 0 spiro atoms. The average molecular weight is 382 g/mol. The number of aryl methyl sites for hydroxylation is 1. The number of benzene rings is 1. The van der Waals surface area contributed by atoms with E-state index >= 15 is 0 Å². The molecule has 3 aromatic heterocycles. The molecule has 0 saturated carbocycles. The number of rotatable bonds is 6. The number of ether oxygens (including phenoxy) is 1. The average Bonchev–Trinajstić information content (AvgIpc) is 3.35. The Morgan fingerprint density at radius 1 is 1.30 bits per heavy atom. The maximum atomic E-state index is 12.1. The quantitative estimate of drug-likeness (QED) is 0.516. The molecule has 27 heavy (non-hydrogen) atoms. The highest BCUT2D eigenvalue weighted by atomic mass is 32.2. The largest absolute Gasteiger partial charge is 0.497 e. The van der Waals surface area contributed by atoms with Crippen LogP contribution in [0.1, 0.15) is 11.3 Å². The Labute approximate surface area is 159 Å². The second kappa shape index (κ2) is 7.32. The first-order valence-electron chi connectivity index (χ1n) is 8.40. The topological polar surface area (TPSA) is 81.7 Å². The van der Waals surface area contributed by atoms with Gasteiger partial charge < -0.3 is 14.5 Å². The summed E-state index contributed by atoms with van der Waals surface area (Å²) in [6.45, 7) is 2.37. The van der Waals surface area contributed by atoms with E-state index in [2.05, 4.69) is 21.6 Å². The first-order valence-corrected chi connectivity index (χ1v) is 9.38. The summed E-state index contributed by atoms with van der Waals surface area (Å²) in [6.07, 6.45) is 1.58. The molecule has 1 N–H and O–H groups in total. The molecule has 0 saturated heterocycles. The Bertz CT molecular complexity index is 1110. The van der Waals surface area contributed by atoms with Crippen LogP contribution < -0.4 is 10.1 Å². The zero-order valence-electron chi connectivity index (χ0n) is 14.9. The summed E-state index contributed by atoms with van der Waals surface area (Å²) < 4.78 is 12.5. The summed E-state index contributed by atoms with van der Waals surface area (Å²) in [5.74, 6) is 1.62. The zero-order chi connectivity index (χ0) is 18.8. The molecule has 0 aliphatic heterocycles. The smallest absolute Gasteiger partial charge is 0.230 e. The van der Waals surface area contributed by atoms with E-state index in [1.807, 2.05) is 35.6 Å². The van der Waals surface area contributed by atoms with Crippen LogP contribution in [0.15, 0.2) is 52.2 Å². The van der Waals surface area contributed by atoms with Gasteiger partial charge in [0.25, 0.3) is 0 Å². The number of amides is 1. The van der Waals surface area contributed by atoms with Gasteiger partial charge in [-0.2, -0.15) is 0 Å². The summed E-state index contributed by atoms with van der Waals surface area (Å²) >= 11 is 1.34. The monoisotopic (exact) mass is 382 g/mol. The molecule has 0 atom stereocenters. The van der Waals surface area contributed by atoms with E-state index in [9.17, 15) is 4.79 Å². The number of thioether (sulfide) groups is 1. The number of hydrogen-bond acceptors (Lipinski definition) is 6. The number of furan rings is 1. The second-order valence-electron chi connectivity index (χ2n) is 6.04.